The summed E-state index contributed by atoms with van der Waals surface area (Å²) in [6, 6.07) is 0. The summed E-state index contributed by atoms with van der Waals surface area (Å²) < 4.78 is 25.9. The normalized spacial score (nSPS) is 11.6. The Bertz CT molecular complexity index is 508. The van der Waals surface area contributed by atoms with Gasteiger partial charge in [0.1, 0.15) is 4.90 Å². The minimum Gasteiger partial charge on any atom is -0.476 e. The number of aryl methyl sites for hydroxylation is 1. The quantitative estimate of drug-likeness (QED) is 0.487. The van der Waals surface area contributed by atoms with Crippen molar-refractivity contribution in [2.45, 2.75) is 18.2 Å². The SMILES string of the molecule is Cc1[nH]nc(C(=O)O)c1S(=O)(=O)NCCCN. The molecule has 0 fully saturated rings. The Morgan fingerprint density at radius 2 is 2.24 bits per heavy atom. The van der Waals surface area contributed by atoms with Crippen molar-refractivity contribution in [3.8, 4) is 0 Å². The summed E-state index contributed by atoms with van der Waals surface area (Å²) in [5.74, 6) is -1.39. The molecule has 0 bridgehead atoms. The van der Waals surface area contributed by atoms with Crippen molar-refractivity contribution in [3.63, 3.8) is 0 Å². The van der Waals surface area contributed by atoms with E-state index in [1.165, 1.54) is 6.92 Å². The second-order valence-electron chi connectivity index (χ2n) is 3.37. The zero-order chi connectivity index (χ0) is 13.1. The third kappa shape index (κ3) is 3.02. The van der Waals surface area contributed by atoms with E-state index in [-0.39, 0.29) is 17.1 Å². The molecule has 0 aromatic carbocycles. The minimum atomic E-state index is -3.88. The van der Waals surface area contributed by atoms with Crippen LogP contribution in [0.15, 0.2) is 4.90 Å². The highest BCUT2D eigenvalue weighted by Gasteiger charge is 2.27. The van der Waals surface area contributed by atoms with Gasteiger partial charge in [0.2, 0.25) is 10.0 Å². The summed E-state index contributed by atoms with van der Waals surface area (Å²) >= 11 is 0. The molecule has 0 radical (unpaired) electrons. The van der Waals surface area contributed by atoms with Gasteiger partial charge in [-0.05, 0) is 19.9 Å². The number of sulfonamides is 1. The minimum absolute atomic E-state index is 0.155. The molecule has 0 amide bonds. The molecule has 1 rings (SSSR count). The molecule has 0 atom stereocenters. The molecule has 0 unspecified atom stereocenters. The van der Waals surface area contributed by atoms with Crippen LogP contribution in [-0.4, -0.2) is 42.8 Å². The standard InChI is InChI=1S/C8H14N4O4S/c1-5-7(6(8(13)14)12-11-5)17(15,16)10-4-2-3-9/h10H,2-4,9H2,1H3,(H,11,12)(H,13,14). The van der Waals surface area contributed by atoms with Crippen molar-refractivity contribution in [1.29, 1.82) is 0 Å². The summed E-state index contributed by atoms with van der Waals surface area (Å²) in [4.78, 5) is 10.5. The van der Waals surface area contributed by atoms with Crippen molar-refractivity contribution in [1.82, 2.24) is 14.9 Å². The summed E-state index contributed by atoms with van der Waals surface area (Å²) in [6.07, 6.45) is 0.471. The number of aromatic amines is 1. The Morgan fingerprint density at radius 3 is 2.76 bits per heavy atom. The molecule has 0 aliphatic rings. The predicted octanol–water partition coefficient (Wildman–Crippen LogP) is -0.957. The van der Waals surface area contributed by atoms with Crippen LogP contribution >= 0.6 is 0 Å². The number of hydrogen-bond donors (Lipinski definition) is 4. The fourth-order valence-electron chi connectivity index (χ4n) is 1.27. The van der Waals surface area contributed by atoms with Crippen LogP contribution in [0.5, 0.6) is 0 Å². The molecule has 1 aromatic heterocycles. The van der Waals surface area contributed by atoms with E-state index < -0.39 is 21.7 Å². The maximum absolute atomic E-state index is 11.8. The Labute approximate surface area is 98.3 Å². The molecular weight excluding hydrogens is 248 g/mol. The van der Waals surface area contributed by atoms with Crippen LogP contribution in [0.2, 0.25) is 0 Å². The van der Waals surface area contributed by atoms with E-state index in [4.69, 9.17) is 10.8 Å². The lowest BCUT2D eigenvalue weighted by molar-refractivity contribution is 0.0686. The summed E-state index contributed by atoms with van der Waals surface area (Å²) in [7, 11) is -3.88. The number of nitrogens with zero attached hydrogens (tertiary/aromatic N) is 1. The number of nitrogens with two attached hydrogens (primary N) is 1. The molecule has 17 heavy (non-hydrogen) atoms. The first kappa shape index (κ1) is 13.6. The zero-order valence-corrected chi connectivity index (χ0v) is 10.0. The second-order valence-corrected chi connectivity index (χ2v) is 5.08. The Balaban J connectivity index is 3.06. The van der Waals surface area contributed by atoms with Crippen LogP contribution in [0.1, 0.15) is 22.6 Å². The third-order valence-electron chi connectivity index (χ3n) is 2.04. The first-order chi connectivity index (χ1) is 7.90. The van der Waals surface area contributed by atoms with Crippen LogP contribution < -0.4 is 10.5 Å². The number of aromatic nitrogens is 2. The fraction of sp³-hybridized carbons (Fsp3) is 0.500. The Morgan fingerprint density at radius 1 is 1.59 bits per heavy atom. The van der Waals surface area contributed by atoms with Crippen molar-refractivity contribution in [3.05, 3.63) is 11.4 Å². The molecule has 1 aromatic rings. The molecule has 5 N–H and O–H groups in total. The fourth-order valence-corrected chi connectivity index (χ4v) is 2.67. The van der Waals surface area contributed by atoms with Crippen molar-refractivity contribution >= 4 is 16.0 Å². The molecule has 9 heteroatoms. The van der Waals surface area contributed by atoms with Gasteiger partial charge in [0.15, 0.2) is 5.69 Å². The van der Waals surface area contributed by atoms with Crippen molar-refractivity contribution < 1.29 is 18.3 Å². The number of carboxylic acids is 1. The van der Waals surface area contributed by atoms with E-state index >= 15 is 0 Å². The van der Waals surface area contributed by atoms with E-state index in [1.807, 2.05) is 0 Å². The smallest absolute Gasteiger partial charge is 0.357 e. The molecule has 0 aliphatic heterocycles. The average Bonchev–Trinajstić information content (AvgIpc) is 2.61. The van der Waals surface area contributed by atoms with Crippen LogP contribution in [0, 0.1) is 6.92 Å². The predicted molar refractivity (Wildman–Crippen MR) is 59.1 cm³/mol. The summed E-state index contributed by atoms with van der Waals surface area (Å²) in [5, 5.41) is 14.6. The number of carboxylic acid groups (broad SMARTS) is 1. The molecule has 1 heterocycles. The Kier molecular flexibility index (Phi) is 4.21. The molecule has 0 saturated heterocycles. The number of nitrogens with one attached hydrogen (secondary N) is 2. The maximum atomic E-state index is 11.8. The molecule has 96 valence electrons. The largest absolute Gasteiger partial charge is 0.476 e. The number of hydrogen-bond acceptors (Lipinski definition) is 5. The van der Waals surface area contributed by atoms with Gasteiger partial charge < -0.3 is 10.8 Å². The molecule has 0 spiro atoms. The highest BCUT2D eigenvalue weighted by molar-refractivity contribution is 7.89. The van der Waals surface area contributed by atoms with Gasteiger partial charge in [0.05, 0.1) is 5.69 Å². The van der Waals surface area contributed by atoms with Crippen molar-refractivity contribution in [2.24, 2.45) is 5.73 Å². The van der Waals surface area contributed by atoms with E-state index in [9.17, 15) is 13.2 Å². The topological polar surface area (TPSA) is 138 Å². The van der Waals surface area contributed by atoms with E-state index in [1.54, 1.807) is 0 Å². The number of H-pyrrole nitrogens is 1. The first-order valence-corrected chi connectivity index (χ1v) is 6.36. The van der Waals surface area contributed by atoms with Gasteiger partial charge >= 0.3 is 5.97 Å². The molecule has 8 nitrogen and oxygen atoms in total. The van der Waals surface area contributed by atoms with Gasteiger partial charge in [-0.3, -0.25) is 5.10 Å². The lowest BCUT2D eigenvalue weighted by Crippen LogP contribution is -2.27. The van der Waals surface area contributed by atoms with Gasteiger partial charge in [-0.25, -0.2) is 17.9 Å². The third-order valence-corrected chi connectivity index (χ3v) is 3.66. The first-order valence-electron chi connectivity index (χ1n) is 4.88. The van der Waals surface area contributed by atoms with Gasteiger partial charge in [-0.2, -0.15) is 5.10 Å². The van der Waals surface area contributed by atoms with Crippen LogP contribution in [0.3, 0.4) is 0 Å². The number of rotatable bonds is 6. The number of aromatic carboxylic acids is 1. The van der Waals surface area contributed by atoms with Crippen LogP contribution in [0.4, 0.5) is 0 Å². The van der Waals surface area contributed by atoms with Crippen LogP contribution in [-0.2, 0) is 10.0 Å². The maximum Gasteiger partial charge on any atom is 0.357 e. The number of carbonyl (C=O) groups is 1. The lowest BCUT2D eigenvalue weighted by Gasteiger charge is -2.05. The lowest BCUT2D eigenvalue weighted by atomic mass is 10.4. The van der Waals surface area contributed by atoms with Gasteiger partial charge in [0.25, 0.3) is 0 Å². The molecular formula is C8H14N4O4S. The van der Waals surface area contributed by atoms with Crippen molar-refractivity contribution in [2.75, 3.05) is 13.1 Å². The van der Waals surface area contributed by atoms with E-state index in [0.717, 1.165) is 0 Å². The average molecular weight is 262 g/mol. The van der Waals surface area contributed by atoms with E-state index in [0.29, 0.717) is 13.0 Å². The summed E-state index contributed by atoms with van der Waals surface area (Å²) in [5.41, 5.74) is 4.91. The van der Waals surface area contributed by atoms with Gasteiger partial charge in [0, 0.05) is 6.54 Å². The monoisotopic (exact) mass is 262 g/mol. The summed E-state index contributed by atoms with van der Waals surface area (Å²) in [6.45, 7) is 1.94. The van der Waals surface area contributed by atoms with Gasteiger partial charge in [-0.15, -0.1) is 0 Å². The highest BCUT2D eigenvalue weighted by Crippen LogP contribution is 2.17. The zero-order valence-electron chi connectivity index (χ0n) is 9.23. The Hall–Kier alpha value is -1.45. The van der Waals surface area contributed by atoms with Crippen LogP contribution in [0.25, 0.3) is 0 Å². The molecule has 0 saturated carbocycles. The second kappa shape index (κ2) is 5.25. The van der Waals surface area contributed by atoms with E-state index in [2.05, 4.69) is 14.9 Å². The molecule has 0 aliphatic carbocycles. The van der Waals surface area contributed by atoms with Gasteiger partial charge in [-0.1, -0.05) is 0 Å². The highest BCUT2D eigenvalue weighted by atomic mass is 32.2.